The van der Waals surface area contributed by atoms with Crippen LogP contribution < -0.4 is 0 Å². The molecule has 0 heterocycles. The normalized spacial score (nSPS) is 11.1. The van der Waals surface area contributed by atoms with Gasteiger partial charge in [-0.05, 0) is 24.8 Å². The molecule has 0 fully saturated rings. The highest BCUT2D eigenvalue weighted by Crippen LogP contribution is 2.20. The van der Waals surface area contributed by atoms with E-state index in [2.05, 4.69) is 6.92 Å². The first-order valence-electron chi connectivity index (χ1n) is 9.00. The van der Waals surface area contributed by atoms with E-state index in [1.54, 1.807) is 0 Å². The van der Waals surface area contributed by atoms with Crippen molar-refractivity contribution >= 4 is 11.9 Å². The summed E-state index contributed by atoms with van der Waals surface area (Å²) in [6.45, 7) is 6.60. The number of hydrogen-bond donors (Lipinski definition) is 1. The third-order valence-electron chi connectivity index (χ3n) is 3.60. The van der Waals surface area contributed by atoms with Crippen molar-refractivity contribution in [3.05, 3.63) is 35.9 Å². The van der Waals surface area contributed by atoms with Crippen molar-refractivity contribution in [2.75, 3.05) is 6.61 Å². The van der Waals surface area contributed by atoms with Gasteiger partial charge in [0.15, 0.2) is 0 Å². The molecule has 136 valence electrons. The quantitative estimate of drug-likeness (QED) is 0.472. The van der Waals surface area contributed by atoms with Gasteiger partial charge in [-0.1, -0.05) is 70.4 Å². The topological polar surface area (TPSA) is 63.6 Å². The van der Waals surface area contributed by atoms with Gasteiger partial charge >= 0.3 is 11.9 Å². The summed E-state index contributed by atoms with van der Waals surface area (Å²) in [5.41, 5.74) is 1.05. The molecule has 0 saturated carbocycles. The molecule has 0 aliphatic rings. The van der Waals surface area contributed by atoms with Crippen molar-refractivity contribution in [3.63, 3.8) is 0 Å². The Labute approximate surface area is 146 Å². The Hall–Kier alpha value is -1.84. The predicted molar refractivity (Wildman–Crippen MR) is 97.1 cm³/mol. The standard InChI is InChI=1S/C16H24O2.C4H8O2/c1-3-5-6-10-13-18-16(17)15(4-2)14-11-8-7-9-12-14;1-2-3-4(5)6/h7-9,11-12,15H,3-6,10,13H2,1-2H3;2-3H2,1H3,(H,5,6). The highest BCUT2D eigenvalue weighted by molar-refractivity contribution is 5.78. The number of carboxylic acid groups (broad SMARTS) is 1. The number of ether oxygens (including phenoxy) is 1. The lowest BCUT2D eigenvalue weighted by Crippen LogP contribution is -2.16. The van der Waals surface area contributed by atoms with Crippen LogP contribution in [-0.2, 0) is 14.3 Å². The summed E-state index contributed by atoms with van der Waals surface area (Å²) in [6, 6.07) is 9.88. The number of hydrogen-bond acceptors (Lipinski definition) is 3. The zero-order valence-electron chi connectivity index (χ0n) is 15.3. The van der Waals surface area contributed by atoms with Gasteiger partial charge in [-0.2, -0.15) is 0 Å². The van der Waals surface area contributed by atoms with Crippen molar-refractivity contribution < 1.29 is 19.4 Å². The van der Waals surface area contributed by atoms with Crippen molar-refractivity contribution in [2.24, 2.45) is 0 Å². The lowest BCUT2D eigenvalue weighted by Gasteiger charge is -2.14. The number of esters is 1. The maximum absolute atomic E-state index is 12.0. The van der Waals surface area contributed by atoms with E-state index in [0.29, 0.717) is 13.0 Å². The second kappa shape index (κ2) is 14.7. The smallest absolute Gasteiger partial charge is 0.313 e. The van der Waals surface area contributed by atoms with Crippen molar-refractivity contribution in [1.82, 2.24) is 0 Å². The SMILES string of the molecule is CCCC(=O)O.CCCCCCOC(=O)C(CC)c1ccccc1. The molecule has 4 heteroatoms. The molecule has 1 unspecified atom stereocenters. The van der Waals surface area contributed by atoms with Gasteiger partial charge < -0.3 is 9.84 Å². The fourth-order valence-corrected chi connectivity index (χ4v) is 2.24. The van der Waals surface area contributed by atoms with E-state index in [-0.39, 0.29) is 11.9 Å². The number of unbranched alkanes of at least 4 members (excludes halogenated alkanes) is 3. The first-order valence-corrected chi connectivity index (χ1v) is 9.00. The van der Waals surface area contributed by atoms with Crippen LogP contribution >= 0.6 is 0 Å². The van der Waals surface area contributed by atoms with Crippen LogP contribution in [0.2, 0.25) is 0 Å². The minimum Gasteiger partial charge on any atom is -0.481 e. The number of benzene rings is 1. The van der Waals surface area contributed by atoms with Gasteiger partial charge in [-0.15, -0.1) is 0 Å². The minimum absolute atomic E-state index is 0.0831. The van der Waals surface area contributed by atoms with E-state index in [0.717, 1.165) is 31.2 Å². The van der Waals surface area contributed by atoms with Crippen LogP contribution in [0.4, 0.5) is 0 Å². The summed E-state index contributed by atoms with van der Waals surface area (Å²) in [5.74, 6) is -0.907. The van der Waals surface area contributed by atoms with Crippen LogP contribution in [0.5, 0.6) is 0 Å². The Morgan fingerprint density at radius 3 is 2.12 bits per heavy atom. The average molecular weight is 336 g/mol. The highest BCUT2D eigenvalue weighted by atomic mass is 16.5. The molecule has 0 aliphatic heterocycles. The molecule has 24 heavy (non-hydrogen) atoms. The fraction of sp³-hybridized carbons (Fsp3) is 0.600. The van der Waals surface area contributed by atoms with E-state index >= 15 is 0 Å². The number of carbonyl (C=O) groups excluding carboxylic acids is 1. The molecular formula is C20H32O4. The Bertz CT molecular complexity index is 442. The van der Waals surface area contributed by atoms with Crippen LogP contribution in [0, 0.1) is 0 Å². The molecule has 0 saturated heterocycles. The third-order valence-corrected chi connectivity index (χ3v) is 3.60. The van der Waals surface area contributed by atoms with Gasteiger partial charge in [-0.25, -0.2) is 0 Å². The van der Waals surface area contributed by atoms with Crippen LogP contribution in [0.15, 0.2) is 30.3 Å². The van der Waals surface area contributed by atoms with Gasteiger partial charge in [0.1, 0.15) is 0 Å². The maximum atomic E-state index is 12.0. The number of carbonyl (C=O) groups is 2. The molecule has 1 N–H and O–H groups in total. The average Bonchev–Trinajstić information content (AvgIpc) is 2.57. The molecule has 0 spiro atoms. The predicted octanol–water partition coefficient (Wildman–Crippen LogP) is 5.17. The molecule has 0 aromatic heterocycles. The van der Waals surface area contributed by atoms with Crippen LogP contribution in [0.1, 0.15) is 77.2 Å². The van der Waals surface area contributed by atoms with E-state index in [4.69, 9.17) is 9.84 Å². The zero-order valence-corrected chi connectivity index (χ0v) is 15.3. The van der Waals surface area contributed by atoms with E-state index in [9.17, 15) is 9.59 Å². The third kappa shape index (κ3) is 10.8. The summed E-state index contributed by atoms with van der Waals surface area (Å²) in [5, 5.41) is 7.91. The first-order chi connectivity index (χ1) is 11.6. The van der Waals surface area contributed by atoms with Crippen molar-refractivity contribution in [2.45, 2.75) is 71.6 Å². The second-order valence-corrected chi connectivity index (χ2v) is 5.74. The van der Waals surface area contributed by atoms with Gasteiger partial charge in [0.25, 0.3) is 0 Å². The summed E-state index contributed by atoms with van der Waals surface area (Å²) in [6.07, 6.45) is 6.35. The van der Waals surface area contributed by atoms with Crippen molar-refractivity contribution in [3.8, 4) is 0 Å². The van der Waals surface area contributed by atoms with Crippen LogP contribution in [0.3, 0.4) is 0 Å². The molecule has 1 aromatic rings. The van der Waals surface area contributed by atoms with Gasteiger partial charge in [0.05, 0.1) is 12.5 Å². The summed E-state index contributed by atoms with van der Waals surface area (Å²) >= 11 is 0. The van der Waals surface area contributed by atoms with Crippen molar-refractivity contribution in [1.29, 1.82) is 0 Å². The summed E-state index contributed by atoms with van der Waals surface area (Å²) < 4.78 is 5.36. The second-order valence-electron chi connectivity index (χ2n) is 5.74. The van der Waals surface area contributed by atoms with E-state index in [1.165, 1.54) is 12.8 Å². The zero-order chi connectivity index (χ0) is 18.2. The molecule has 0 bridgehead atoms. The monoisotopic (exact) mass is 336 g/mol. The molecule has 0 radical (unpaired) electrons. The number of carboxylic acids is 1. The van der Waals surface area contributed by atoms with Crippen LogP contribution in [-0.4, -0.2) is 23.7 Å². The van der Waals surface area contributed by atoms with E-state index in [1.807, 2.05) is 44.2 Å². The lowest BCUT2D eigenvalue weighted by atomic mass is 9.97. The van der Waals surface area contributed by atoms with Gasteiger partial charge in [-0.3, -0.25) is 9.59 Å². The summed E-state index contributed by atoms with van der Waals surface area (Å²) in [4.78, 5) is 21.6. The highest BCUT2D eigenvalue weighted by Gasteiger charge is 2.19. The fourth-order valence-electron chi connectivity index (χ4n) is 2.24. The maximum Gasteiger partial charge on any atom is 0.313 e. The molecule has 0 amide bonds. The first kappa shape index (κ1) is 22.2. The summed E-state index contributed by atoms with van der Waals surface area (Å²) in [7, 11) is 0. The molecular weight excluding hydrogens is 304 g/mol. The number of rotatable bonds is 10. The number of aliphatic carboxylic acids is 1. The molecule has 0 aliphatic carbocycles. The Kier molecular flexibility index (Phi) is 13.6. The lowest BCUT2D eigenvalue weighted by molar-refractivity contribution is -0.145. The Morgan fingerprint density at radius 2 is 1.67 bits per heavy atom. The van der Waals surface area contributed by atoms with Gasteiger partial charge in [0, 0.05) is 6.42 Å². The minimum atomic E-state index is -0.711. The van der Waals surface area contributed by atoms with Crippen LogP contribution in [0.25, 0.3) is 0 Å². The molecule has 1 aromatic carbocycles. The van der Waals surface area contributed by atoms with E-state index < -0.39 is 5.97 Å². The molecule has 4 nitrogen and oxygen atoms in total. The molecule has 1 rings (SSSR count). The van der Waals surface area contributed by atoms with Gasteiger partial charge in [0.2, 0.25) is 0 Å². The Morgan fingerprint density at radius 1 is 1.00 bits per heavy atom. The Balaban J connectivity index is 0.000000754. The largest absolute Gasteiger partial charge is 0.481 e. The molecule has 1 atom stereocenters.